The molecule has 5 rings (SSSR count). The van der Waals surface area contributed by atoms with Crippen molar-refractivity contribution >= 4 is 18.0 Å². The molecule has 7 nitrogen and oxygen atoms in total. The van der Waals surface area contributed by atoms with E-state index < -0.39 is 24.0 Å². The fraction of sp³-hybridized carbons (Fsp3) is 0.300. The molecule has 37 heavy (non-hydrogen) atoms. The molecule has 7 heteroatoms. The molecular weight excluding hydrogens is 468 g/mol. The number of nitrogens with one attached hydrogen (secondary N) is 1. The quantitative estimate of drug-likeness (QED) is 0.465. The van der Waals surface area contributed by atoms with Gasteiger partial charge in [-0.3, -0.25) is 9.59 Å². The molecule has 1 saturated carbocycles. The van der Waals surface area contributed by atoms with Crippen LogP contribution < -0.4 is 5.32 Å². The number of carbonyl (C=O) groups excluding carboxylic acids is 2. The molecule has 0 saturated heterocycles. The number of carboxylic acid groups (broad SMARTS) is 1. The van der Waals surface area contributed by atoms with Crippen LogP contribution in [0.4, 0.5) is 4.79 Å². The molecule has 2 N–H and O–H groups in total. The Morgan fingerprint density at radius 3 is 2.14 bits per heavy atom. The van der Waals surface area contributed by atoms with E-state index in [4.69, 9.17) is 4.74 Å². The van der Waals surface area contributed by atoms with Gasteiger partial charge < -0.3 is 20.1 Å². The lowest BCUT2D eigenvalue weighted by Crippen LogP contribution is -2.47. The van der Waals surface area contributed by atoms with Crippen molar-refractivity contribution in [3.05, 3.63) is 95.6 Å². The summed E-state index contributed by atoms with van der Waals surface area (Å²) in [5, 5.41) is 12.3. The Morgan fingerprint density at radius 1 is 0.865 bits per heavy atom. The van der Waals surface area contributed by atoms with E-state index in [2.05, 4.69) is 29.6 Å². The first-order valence-electron chi connectivity index (χ1n) is 12.7. The number of nitrogens with zero attached hydrogens (tertiary/aromatic N) is 1. The normalized spacial score (nSPS) is 18.1. The van der Waals surface area contributed by atoms with Gasteiger partial charge in [0, 0.05) is 18.5 Å². The second-order valence-corrected chi connectivity index (χ2v) is 9.69. The molecule has 0 aromatic heterocycles. The molecule has 0 radical (unpaired) electrons. The van der Waals surface area contributed by atoms with Gasteiger partial charge in [-0.1, -0.05) is 85.3 Å². The van der Waals surface area contributed by atoms with E-state index >= 15 is 0 Å². The lowest BCUT2D eigenvalue weighted by atomic mass is 9.98. The lowest BCUT2D eigenvalue weighted by molar-refractivity contribution is -0.147. The summed E-state index contributed by atoms with van der Waals surface area (Å²) in [6.45, 7) is 0.0202. The van der Waals surface area contributed by atoms with Gasteiger partial charge in [-0.2, -0.15) is 0 Å². The molecule has 0 unspecified atom stereocenters. The second-order valence-electron chi connectivity index (χ2n) is 9.69. The molecule has 0 bridgehead atoms. The Bertz CT molecular complexity index is 1250. The minimum absolute atomic E-state index is 0.0453. The number of benzene rings is 3. The van der Waals surface area contributed by atoms with Crippen molar-refractivity contribution in [2.24, 2.45) is 5.92 Å². The van der Waals surface area contributed by atoms with E-state index in [1.165, 1.54) is 4.90 Å². The highest BCUT2D eigenvalue weighted by molar-refractivity contribution is 5.84. The standard InChI is InChI=1S/C30H30N2O5/c33-28(34)18-32(17-20-9-2-1-3-10-20)29(35)25-15-8-16-27(25)31-30(36)37-19-26-23-13-6-4-11-21(23)22-12-5-7-14-24(22)26/h1-7,9-14,25-27H,8,15-19H2,(H,31,36)(H,33,34)/t25-,27+/m0/s1. The third kappa shape index (κ3) is 5.35. The number of fused-ring (bicyclic) bond motifs is 3. The number of hydrogen-bond donors (Lipinski definition) is 2. The molecule has 190 valence electrons. The third-order valence-corrected chi connectivity index (χ3v) is 7.33. The maximum Gasteiger partial charge on any atom is 0.407 e. The minimum atomic E-state index is -1.07. The highest BCUT2D eigenvalue weighted by Crippen LogP contribution is 2.44. The van der Waals surface area contributed by atoms with E-state index in [9.17, 15) is 19.5 Å². The highest BCUT2D eigenvalue weighted by Gasteiger charge is 2.38. The number of carbonyl (C=O) groups is 3. The molecule has 0 heterocycles. The van der Waals surface area contributed by atoms with Crippen LogP contribution in [0, 0.1) is 5.92 Å². The summed E-state index contributed by atoms with van der Waals surface area (Å²) >= 11 is 0. The zero-order valence-electron chi connectivity index (χ0n) is 20.5. The van der Waals surface area contributed by atoms with Crippen LogP contribution in [0.2, 0.25) is 0 Å². The average molecular weight is 499 g/mol. The average Bonchev–Trinajstić information content (AvgIpc) is 3.49. The largest absolute Gasteiger partial charge is 0.480 e. The zero-order chi connectivity index (χ0) is 25.8. The summed E-state index contributed by atoms with van der Waals surface area (Å²) in [4.78, 5) is 39.1. The fourth-order valence-corrected chi connectivity index (χ4v) is 5.63. The molecular formula is C30H30N2O5. The van der Waals surface area contributed by atoms with Gasteiger partial charge in [-0.25, -0.2) is 4.79 Å². The van der Waals surface area contributed by atoms with Gasteiger partial charge in [0.2, 0.25) is 5.91 Å². The van der Waals surface area contributed by atoms with Crippen LogP contribution in [0.5, 0.6) is 0 Å². The predicted molar refractivity (Wildman–Crippen MR) is 139 cm³/mol. The summed E-state index contributed by atoms with van der Waals surface area (Å²) in [5.41, 5.74) is 5.44. The van der Waals surface area contributed by atoms with Crippen molar-refractivity contribution in [3.63, 3.8) is 0 Å². The molecule has 3 aromatic rings. The first-order chi connectivity index (χ1) is 18.0. The van der Waals surface area contributed by atoms with E-state index in [0.717, 1.165) is 34.2 Å². The fourth-order valence-electron chi connectivity index (χ4n) is 5.63. The third-order valence-electron chi connectivity index (χ3n) is 7.33. The van der Waals surface area contributed by atoms with Crippen LogP contribution in [-0.4, -0.2) is 47.2 Å². The molecule has 2 aliphatic rings. The molecule has 2 amide bonds. The molecule has 0 aliphatic heterocycles. The van der Waals surface area contributed by atoms with Gasteiger partial charge in [0.1, 0.15) is 13.2 Å². The van der Waals surface area contributed by atoms with Gasteiger partial charge in [0.25, 0.3) is 0 Å². The summed E-state index contributed by atoms with van der Waals surface area (Å²) in [6.07, 6.45) is 1.46. The monoisotopic (exact) mass is 498 g/mol. The number of aliphatic carboxylic acids is 1. The van der Waals surface area contributed by atoms with Gasteiger partial charge in [-0.05, 0) is 40.7 Å². The van der Waals surface area contributed by atoms with Crippen LogP contribution in [0.15, 0.2) is 78.9 Å². The summed E-state index contributed by atoms with van der Waals surface area (Å²) < 4.78 is 5.68. The van der Waals surface area contributed by atoms with Gasteiger partial charge >= 0.3 is 12.1 Å². The van der Waals surface area contributed by atoms with Crippen LogP contribution in [0.25, 0.3) is 11.1 Å². The second kappa shape index (κ2) is 10.9. The number of amides is 2. The predicted octanol–water partition coefficient (Wildman–Crippen LogP) is 4.81. The maximum atomic E-state index is 13.4. The smallest absolute Gasteiger partial charge is 0.407 e. The van der Waals surface area contributed by atoms with E-state index in [0.29, 0.717) is 12.8 Å². The SMILES string of the molecule is O=C(O)CN(Cc1ccccc1)C(=O)[C@H]1CCC[C@H]1NC(=O)OCC1c2ccccc2-c2ccccc21. The number of rotatable bonds is 8. The summed E-state index contributed by atoms with van der Waals surface area (Å²) in [7, 11) is 0. The van der Waals surface area contributed by atoms with Crippen molar-refractivity contribution in [1.29, 1.82) is 0 Å². The Kier molecular flexibility index (Phi) is 7.21. The van der Waals surface area contributed by atoms with Crippen LogP contribution >= 0.6 is 0 Å². The van der Waals surface area contributed by atoms with E-state index in [1.807, 2.05) is 54.6 Å². The van der Waals surface area contributed by atoms with E-state index in [-0.39, 0.29) is 31.5 Å². The zero-order valence-corrected chi connectivity index (χ0v) is 20.5. The molecule has 0 spiro atoms. The number of alkyl carbamates (subject to hydrolysis) is 1. The number of hydrogen-bond acceptors (Lipinski definition) is 4. The Hall–Kier alpha value is -4.13. The maximum absolute atomic E-state index is 13.4. The Labute approximate surface area is 216 Å². The first kappa shape index (κ1) is 24.6. The van der Waals surface area contributed by atoms with Crippen molar-refractivity contribution in [1.82, 2.24) is 10.2 Å². The lowest BCUT2D eigenvalue weighted by Gasteiger charge is -2.28. The number of ether oxygens (including phenoxy) is 1. The number of carboxylic acids is 1. The van der Waals surface area contributed by atoms with E-state index in [1.54, 1.807) is 0 Å². The minimum Gasteiger partial charge on any atom is -0.480 e. The molecule has 2 atom stereocenters. The molecule has 1 fully saturated rings. The van der Waals surface area contributed by atoms with Crippen LogP contribution in [0.1, 0.15) is 41.9 Å². The Morgan fingerprint density at radius 2 is 1.49 bits per heavy atom. The molecule has 2 aliphatic carbocycles. The van der Waals surface area contributed by atoms with Crippen molar-refractivity contribution in [2.45, 2.75) is 37.8 Å². The van der Waals surface area contributed by atoms with Gasteiger partial charge in [0.05, 0.1) is 5.92 Å². The van der Waals surface area contributed by atoms with Crippen molar-refractivity contribution < 1.29 is 24.2 Å². The van der Waals surface area contributed by atoms with Crippen LogP contribution in [-0.2, 0) is 20.9 Å². The van der Waals surface area contributed by atoms with Gasteiger partial charge in [0.15, 0.2) is 0 Å². The topological polar surface area (TPSA) is 95.9 Å². The Balaban J connectivity index is 1.23. The van der Waals surface area contributed by atoms with Crippen molar-refractivity contribution in [3.8, 4) is 11.1 Å². The van der Waals surface area contributed by atoms with Gasteiger partial charge in [-0.15, -0.1) is 0 Å². The summed E-state index contributed by atoms with van der Waals surface area (Å²) in [6, 6.07) is 25.2. The van der Waals surface area contributed by atoms with Crippen molar-refractivity contribution in [2.75, 3.05) is 13.2 Å². The highest BCUT2D eigenvalue weighted by atomic mass is 16.5. The first-order valence-corrected chi connectivity index (χ1v) is 12.7. The van der Waals surface area contributed by atoms with Crippen LogP contribution in [0.3, 0.4) is 0 Å². The molecule has 3 aromatic carbocycles. The summed E-state index contributed by atoms with van der Waals surface area (Å²) in [5.74, 6) is -1.85.